The fourth-order valence-corrected chi connectivity index (χ4v) is 5.26. The number of Topliss-reactive ketones (excluding diaryl/α,β-unsaturated/α-hetero) is 2. The number of carbonyl (C=O) groups is 3. The molecule has 4 heteroatoms. The van der Waals surface area contributed by atoms with Crippen molar-refractivity contribution >= 4 is 17.5 Å². The third-order valence-corrected chi connectivity index (χ3v) is 6.75. The van der Waals surface area contributed by atoms with E-state index in [4.69, 9.17) is 4.74 Å². The minimum atomic E-state index is -1.00. The fourth-order valence-electron chi connectivity index (χ4n) is 5.26. The highest BCUT2D eigenvalue weighted by Gasteiger charge is 2.51. The van der Waals surface area contributed by atoms with Gasteiger partial charge in [-0.2, -0.15) is 0 Å². The standard InChI is InChI=1S/C25H30O4/c1-16-8-7-11-18(14-16)21-22(25(28)29-15-17-9-3-2-4-10-17)24(27)20-13-6-5-12-19(20)23(21)26/h7-9,12-13,16,18,21-22H,2-6,10-11,14-15H2,1H3. The lowest BCUT2D eigenvalue weighted by Crippen LogP contribution is -2.47. The van der Waals surface area contributed by atoms with E-state index in [9.17, 15) is 14.4 Å². The lowest BCUT2D eigenvalue weighted by Gasteiger charge is -2.38. The van der Waals surface area contributed by atoms with Crippen molar-refractivity contribution in [3.05, 3.63) is 47.1 Å². The monoisotopic (exact) mass is 394 g/mol. The fraction of sp³-hybridized carbons (Fsp3) is 0.560. The molecule has 0 bridgehead atoms. The normalized spacial score (nSPS) is 32.1. The third-order valence-electron chi connectivity index (χ3n) is 6.75. The van der Waals surface area contributed by atoms with E-state index in [1.54, 1.807) is 0 Å². The molecule has 0 amide bonds. The number of carbonyl (C=O) groups excluding carboxylic acids is 3. The Balaban J connectivity index is 1.60. The van der Waals surface area contributed by atoms with Gasteiger partial charge in [-0.05, 0) is 68.8 Å². The molecule has 0 saturated heterocycles. The van der Waals surface area contributed by atoms with Crippen molar-refractivity contribution in [3.63, 3.8) is 0 Å². The molecule has 0 aromatic heterocycles. The molecule has 1 saturated carbocycles. The molecule has 154 valence electrons. The molecule has 0 aromatic rings. The Bertz CT molecular complexity index is 826. The maximum Gasteiger partial charge on any atom is 0.317 e. The number of rotatable bonds is 4. The average Bonchev–Trinajstić information content (AvgIpc) is 2.75. The summed E-state index contributed by atoms with van der Waals surface area (Å²) in [5.74, 6) is -2.04. The van der Waals surface area contributed by atoms with Crippen LogP contribution in [0.5, 0.6) is 0 Å². The van der Waals surface area contributed by atoms with Gasteiger partial charge in [-0.3, -0.25) is 14.4 Å². The van der Waals surface area contributed by atoms with E-state index in [1.165, 1.54) is 6.42 Å². The molecule has 0 aliphatic heterocycles. The highest BCUT2D eigenvalue weighted by Crippen LogP contribution is 2.43. The largest absolute Gasteiger partial charge is 0.461 e. The minimum Gasteiger partial charge on any atom is -0.461 e. The van der Waals surface area contributed by atoms with Crippen LogP contribution in [0.4, 0.5) is 0 Å². The molecule has 4 unspecified atom stereocenters. The number of ether oxygens (including phenoxy) is 1. The van der Waals surface area contributed by atoms with Crippen LogP contribution in [0, 0.1) is 23.7 Å². The van der Waals surface area contributed by atoms with E-state index in [2.05, 4.69) is 25.2 Å². The van der Waals surface area contributed by atoms with E-state index in [0.29, 0.717) is 17.1 Å². The van der Waals surface area contributed by atoms with Gasteiger partial charge >= 0.3 is 5.97 Å². The summed E-state index contributed by atoms with van der Waals surface area (Å²) in [7, 11) is 0. The quantitative estimate of drug-likeness (QED) is 0.395. The molecular formula is C25H30O4. The van der Waals surface area contributed by atoms with Gasteiger partial charge in [0, 0.05) is 17.1 Å². The molecular weight excluding hydrogens is 364 g/mol. The van der Waals surface area contributed by atoms with Gasteiger partial charge in [-0.1, -0.05) is 37.3 Å². The lowest BCUT2D eigenvalue weighted by atomic mass is 9.63. The first-order valence-corrected chi connectivity index (χ1v) is 11.1. The SMILES string of the molecule is CC1C=CCC(C2C(=O)C3=CCCC=C3C(=O)C2C(=O)OCC2=CCCCC2)C1. The topological polar surface area (TPSA) is 60.4 Å². The van der Waals surface area contributed by atoms with Crippen LogP contribution in [-0.2, 0) is 19.1 Å². The molecule has 29 heavy (non-hydrogen) atoms. The van der Waals surface area contributed by atoms with Crippen molar-refractivity contribution < 1.29 is 19.1 Å². The van der Waals surface area contributed by atoms with Crippen molar-refractivity contribution in [1.82, 2.24) is 0 Å². The summed E-state index contributed by atoms with van der Waals surface area (Å²) in [6.45, 7) is 2.36. The molecule has 4 rings (SSSR count). The summed E-state index contributed by atoms with van der Waals surface area (Å²) < 4.78 is 5.62. The molecule has 0 spiro atoms. The summed E-state index contributed by atoms with van der Waals surface area (Å²) in [5.41, 5.74) is 2.10. The number of ketones is 2. The number of esters is 1. The smallest absolute Gasteiger partial charge is 0.317 e. The van der Waals surface area contributed by atoms with Crippen LogP contribution in [0.1, 0.15) is 58.3 Å². The van der Waals surface area contributed by atoms with E-state index < -0.39 is 17.8 Å². The Morgan fingerprint density at radius 2 is 1.79 bits per heavy atom. The number of hydrogen-bond donors (Lipinski definition) is 0. The number of hydrogen-bond acceptors (Lipinski definition) is 4. The van der Waals surface area contributed by atoms with Gasteiger partial charge in [0.2, 0.25) is 0 Å². The Hall–Kier alpha value is -2.23. The van der Waals surface area contributed by atoms with Crippen LogP contribution in [0.3, 0.4) is 0 Å². The molecule has 4 aliphatic carbocycles. The van der Waals surface area contributed by atoms with Crippen LogP contribution in [-0.4, -0.2) is 24.1 Å². The predicted molar refractivity (Wildman–Crippen MR) is 111 cm³/mol. The highest BCUT2D eigenvalue weighted by molar-refractivity contribution is 6.24. The first kappa shape index (κ1) is 20.1. The van der Waals surface area contributed by atoms with Gasteiger partial charge < -0.3 is 4.74 Å². The molecule has 0 radical (unpaired) electrons. The number of allylic oxidation sites excluding steroid dienone is 7. The maximum absolute atomic E-state index is 13.4. The van der Waals surface area contributed by atoms with Crippen LogP contribution < -0.4 is 0 Å². The van der Waals surface area contributed by atoms with Crippen LogP contribution in [0.25, 0.3) is 0 Å². The van der Waals surface area contributed by atoms with Crippen molar-refractivity contribution in [2.45, 2.75) is 58.3 Å². The van der Waals surface area contributed by atoms with Gasteiger partial charge in [0.25, 0.3) is 0 Å². The number of fused-ring (bicyclic) bond motifs is 1. The van der Waals surface area contributed by atoms with Crippen molar-refractivity contribution in [2.24, 2.45) is 23.7 Å². The Morgan fingerprint density at radius 3 is 2.48 bits per heavy atom. The van der Waals surface area contributed by atoms with Gasteiger partial charge in [-0.25, -0.2) is 0 Å². The Morgan fingerprint density at radius 1 is 1.03 bits per heavy atom. The zero-order chi connectivity index (χ0) is 20.4. The molecule has 0 N–H and O–H groups in total. The first-order valence-electron chi connectivity index (χ1n) is 11.1. The van der Waals surface area contributed by atoms with Gasteiger partial charge in [0.05, 0.1) is 0 Å². The van der Waals surface area contributed by atoms with Crippen LogP contribution in [0.2, 0.25) is 0 Å². The minimum absolute atomic E-state index is 0.00210. The molecule has 4 nitrogen and oxygen atoms in total. The zero-order valence-electron chi connectivity index (χ0n) is 17.2. The van der Waals surface area contributed by atoms with E-state index >= 15 is 0 Å². The summed E-state index contributed by atoms with van der Waals surface area (Å²) in [6, 6.07) is 0. The lowest BCUT2D eigenvalue weighted by molar-refractivity contribution is -0.157. The van der Waals surface area contributed by atoms with E-state index in [-0.39, 0.29) is 24.1 Å². The van der Waals surface area contributed by atoms with E-state index in [0.717, 1.165) is 50.5 Å². The van der Waals surface area contributed by atoms with Gasteiger partial charge in [0.15, 0.2) is 11.6 Å². The second-order valence-corrected chi connectivity index (χ2v) is 8.90. The highest BCUT2D eigenvalue weighted by atomic mass is 16.5. The van der Waals surface area contributed by atoms with Gasteiger partial charge in [-0.15, -0.1) is 0 Å². The van der Waals surface area contributed by atoms with E-state index in [1.807, 2.05) is 12.2 Å². The molecule has 0 heterocycles. The summed E-state index contributed by atoms with van der Waals surface area (Å²) in [4.78, 5) is 39.9. The van der Waals surface area contributed by atoms with Crippen molar-refractivity contribution in [1.29, 1.82) is 0 Å². The van der Waals surface area contributed by atoms with Gasteiger partial charge in [0.1, 0.15) is 12.5 Å². The average molecular weight is 395 g/mol. The van der Waals surface area contributed by atoms with Crippen LogP contribution >= 0.6 is 0 Å². The molecule has 4 atom stereocenters. The van der Waals surface area contributed by atoms with Crippen LogP contribution in [0.15, 0.2) is 47.1 Å². The Kier molecular flexibility index (Phi) is 5.98. The Labute approximate surface area is 172 Å². The molecule has 0 aromatic carbocycles. The zero-order valence-corrected chi connectivity index (χ0v) is 17.2. The summed E-state index contributed by atoms with van der Waals surface area (Å²) in [5, 5.41) is 0. The maximum atomic E-state index is 13.4. The molecule has 1 fully saturated rings. The second kappa shape index (κ2) is 8.64. The second-order valence-electron chi connectivity index (χ2n) is 8.90. The third kappa shape index (κ3) is 4.08. The van der Waals surface area contributed by atoms with Crippen molar-refractivity contribution in [3.8, 4) is 0 Å². The first-order chi connectivity index (χ1) is 14.1. The summed E-state index contributed by atoms with van der Waals surface area (Å²) in [6.07, 6.45) is 17.4. The predicted octanol–water partition coefficient (Wildman–Crippen LogP) is 4.66. The van der Waals surface area contributed by atoms with Crippen molar-refractivity contribution in [2.75, 3.05) is 6.61 Å². The summed E-state index contributed by atoms with van der Waals surface area (Å²) >= 11 is 0. The molecule has 4 aliphatic rings.